The van der Waals surface area contributed by atoms with Gasteiger partial charge in [-0.1, -0.05) is 0 Å². The summed E-state index contributed by atoms with van der Waals surface area (Å²) in [6.07, 6.45) is 0.568. The van der Waals surface area contributed by atoms with Crippen molar-refractivity contribution in [1.29, 1.82) is 0 Å². The second-order valence-electron chi connectivity index (χ2n) is 2.71. The number of hydrogen-bond acceptors (Lipinski definition) is 3. The highest BCUT2D eigenvalue weighted by atomic mass is 35.5. The van der Waals surface area contributed by atoms with Gasteiger partial charge < -0.3 is 16.2 Å². The molecule has 0 aliphatic rings. The molecule has 1 unspecified atom stereocenters. The molecule has 5 heteroatoms. The maximum Gasteiger partial charge on any atom is 0.236 e. The molecule has 0 radical (unpaired) electrons. The lowest BCUT2D eigenvalue weighted by Crippen LogP contribution is -2.42. The van der Waals surface area contributed by atoms with Crippen LogP contribution in [0.2, 0.25) is 0 Å². The molecule has 12 heavy (non-hydrogen) atoms. The van der Waals surface area contributed by atoms with E-state index in [4.69, 9.17) is 10.8 Å². The van der Waals surface area contributed by atoms with Gasteiger partial charge in [-0.05, 0) is 20.3 Å². The van der Waals surface area contributed by atoms with E-state index in [0.29, 0.717) is 6.42 Å². The Morgan fingerprint density at radius 1 is 1.58 bits per heavy atom. The lowest BCUT2D eigenvalue weighted by atomic mass is 10.2. The SMILES string of the molecule is CC(N)C(=O)N[C@@H](C)CCO.Cl. The Hall–Kier alpha value is -0.320. The van der Waals surface area contributed by atoms with Gasteiger partial charge in [-0.25, -0.2) is 0 Å². The Kier molecular flexibility index (Phi) is 8.69. The third-order valence-corrected chi connectivity index (χ3v) is 1.36. The number of nitrogens with one attached hydrogen (secondary N) is 1. The molecule has 4 nitrogen and oxygen atoms in total. The van der Waals surface area contributed by atoms with E-state index in [9.17, 15) is 4.79 Å². The molecule has 0 aromatic heterocycles. The van der Waals surface area contributed by atoms with E-state index in [1.165, 1.54) is 0 Å². The van der Waals surface area contributed by atoms with E-state index in [-0.39, 0.29) is 31.0 Å². The van der Waals surface area contributed by atoms with Crippen LogP contribution in [-0.2, 0) is 4.79 Å². The standard InChI is InChI=1S/C7H16N2O2.ClH/c1-5(3-4-10)9-7(11)6(2)8;/h5-6,10H,3-4,8H2,1-2H3,(H,9,11);1H/t5-,6?;/m0./s1. The van der Waals surface area contributed by atoms with Gasteiger partial charge in [0.2, 0.25) is 5.91 Å². The molecule has 0 rings (SSSR count). The predicted molar refractivity (Wildman–Crippen MR) is 50.2 cm³/mol. The number of halogens is 1. The molecule has 0 aliphatic carbocycles. The van der Waals surface area contributed by atoms with E-state index < -0.39 is 6.04 Å². The van der Waals surface area contributed by atoms with Gasteiger partial charge >= 0.3 is 0 Å². The van der Waals surface area contributed by atoms with Gasteiger partial charge in [-0.2, -0.15) is 0 Å². The predicted octanol–water partition coefficient (Wildman–Crippen LogP) is -0.358. The molecule has 1 amide bonds. The highest BCUT2D eigenvalue weighted by molar-refractivity contribution is 5.85. The number of aliphatic hydroxyl groups excluding tert-OH is 1. The number of hydrogen-bond donors (Lipinski definition) is 3. The summed E-state index contributed by atoms with van der Waals surface area (Å²) in [6, 6.07) is -0.477. The molecule has 0 heterocycles. The first kappa shape index (κ1) is 14.2. The average Bonchev–Trinajstić information content (AvgIpc) is 1.87. The van der Waals surface area contributed by atoms with E-state index in [1.54, 1.807) is 6.92 Å². The molecule has 0 aromatic carbocycles. The van der Waals surface area contributed by atoms with Crippen LogP contribution in [0.25, 0.3) is 0 Å². The zero-order chi connectivity index (χ0) is 8.85. The first-order chi connectivity index (χ1) is 5.07. The van der Waals surface area contributed by atoms with Gasteiger partial charge in [0.25, 0.3) is 0 Å². The molecule has 0 saturated heterocycles. The fraction of sp³-hybridized carbons (Fsp3) is 0.857. The Morgan fingerprint density at radius 2 is 2.08 bits per heavy atom. The van der Waals surface area contributed by atoms with E-state index in [0.717, 1.165) is 0 Å². The van der Waals surface area contributed by atoms with Gasteiger partial charge in [0.1, 0.15) is 0 Å². The molecule has 0 aliphatic heterocycles. The van der Waals surface area contributed by atoms with Crippen LogP contribution in [-0.4, -0.2) is 29.7 Å². The number of nitrogens with two attached hydrogens (primary N) is 1. The van der Waals surface area contributed by atoms with Gasteiger partial charge in [0.05, 0.1) is 6.04 Å². The van der Waals surface area contributed by atoms with Crippen LogP contribution >= 0.6 is 12.4 Å². The molecular formula is C7H17ClN2O2. The van der Waals surface area contributed by atoms with Crippen LogP contribution in [0.4, 0.5) is 0 Å². The van der Waals surface area contributed by atoms with Gasteiger partial charge in [-0.15, -0.1) is 12.4 Å². The lowest BCUT2D eigenvalue weighted by Gasteiger charge is -2.13. The topological polar surface area (TPSA) is 75.4 Å². The second kappa shape index (κ2) is 7.34. The summed E-state index contributed by atoms with van der Waals surface area (Å²) in [5, 5.41) is 11.2. The van der Waals surface area contributed by atoms with Crippen LogP contribution < -0.4 is 11.1 Å². The summed E-state index contributed by atoms with van der Waals surface area (Å²) in [4.78, 5) is 10.9. The number of carbonyl (C=O) groups excluding carboxylic acids is 1. The first-order valence-corrected chi connectivity index (χ1v) is 3.74. The summed E-state index contributed by atoms with van der Waals surface area (Å²) >= 11 is 0. The second-order valence-corrected chi connectivity index (χ2v) is 2.71. The molecule has 0 bridgehead atoms. The summed E-state index contributed by atoms with van der Waals surface area (Å²) in [6.45, 7) is 3.54. The third kappa shape index (κ3) is 6.39. The minimum absolute atomic E-state index is 0. The highest BCUT2D eigenvalue weighted by Crippen LogP contribution is 1.88. The Morgan fingerprint density at radius 3 is 2.42 bits per heavy atom. The van der Waals surface area contributed by atoms with Crippen molar-refractivity contribution in [3.63, 3.8) is 0 Å². The molecule has 0 spiro atoms. The maximum absolute atomic E-state index is 10.9. The van der Waals surface area contributed by atoms with Gasteiger partial charge in [-0.3, -0.25) is 4.79 Å². The molecular weight excluding hydrogens is 180 g/mol. The van der Waals surface area contributed by atoms with Crippen molar-refractivity contribution in [2.75, 3.05) is 6.61 Å². The smallest absolute Gasteiger partial charge is 0.236 e. The quantitative estimate of drug-likeness (QED) is 0.575. The summed E-state index contributed by atoms with van der Waals surface area (Å²) in [5.74, 6) is -0.175. The van der Waals surface area contributed by atoms with Gasteiger partial charge in [0.15, 0.2) is 0 Å². The zero-order valence-corrected chi connectivity index (χ0v) is 8.23. The maximum atomic E-state index is 10.9. The lowest BCUT2D eigenvalue weighted by molar-refractivity contribution is -0.122. The summed E-state index contributed by atoms with van der Waals surface area (Å²) in [7, 11) is 0. The molecule has 4 N–H and O–H groups in total. The molecule has 0 fully saturated rings. The van der Waals surface area contributed by atoms with Crippen LogP contribution in [0.5, 0.6) is 0 Å². The van der Waals surface area contributed by atoms with Crippen molar-refractivity contribution in [2.45, 2.75) is 32.4 Å². The van der Waals surface area contributed by atoms with Gasteiger partial charge in [0, 0.05) is 12.6 Å². The number of amides is 1. The Balaban J connectivity index is 0. The van der Waals surface area contributed by atoms with Crippen molar-refractivity contribution in [3.05, 3.63) is 0 Å². The third-order valence-electron chi connectivity index (χ3n) is 1.36. The minimum Gasteiger partial charge on any atom is -0.396 e. The van der Waals surface area contributed by atoms with Crippen molar-refractivity contribution in [3.8, 4) is 0 Å². The number of aliphatic hydroxyl groups is 1. The van der Waals surface area contributed by atoms with Crippen LogP contribution in [0.1, 0.15) is 20.3 Å². The fourth-order valence-electron chi connectivity index (χ4n) is 0.640. The summed E-state index contributed by atoms with van der Waals surface area (Å²) < 4.78 is 0. The molecule has 0 aromatic rings. The van der Waals surface area contributed by atoms with Crippen molar-refractivity contribution < 1.29 is 9.90 Å². The Bertz CT molecular complexity index is 131. The largest absolute Gasteiger partial charge is 0.396 e. The van der Waals surface area contributed by atoms with E-state index in [2.05, 4.69) is 5.32 Å². The molecule has 2 atom stereocenters. The highest BCUT2D eigenvalue weighted by Gasteiger charge is 2.09. The van der Waals surface area contributed by atoms with E-state index in [1.807, 2.05) is 6.92 Å². The zero-order valence-electron chi connectivity index (χ0n) is 7.41. The van der Waals surface area contributed by atoms with Crippen molar-refractivity contribution in [2.24, 2.45) is 5.73 Å². The Labute approximate surface area is 78.9 Å². The van der Waals surface area contributed by atoms with E-state index >= 15 is 0 Å². The normalized spacial score (nSPS) is 14.3. The average molecular weight is 197 g/mol. The van der Waals surface area contributed by atoms with Crippen LogP contribution in [0, 0.1) is 0 Å². The number of carbonyl (C=O) groups is 1. The van der Waals surface area contributed by atoms with Crippen LogP contribution in [0.15, 0.2) is 0 Å². The molecule has 0 saturated carbocycles. The summed E-state index contributed by atoms with van der Waals surface area (Å²) in [5.41, 5.74) is 5.31. The monoisotopic (exact) mass is 196 g/mol. The first-order valence-electron chi connectivity index (χ1n) is 3.74. The fourth-order valence-corrected chi connectivity index (χ4v) is 0.640. The van der Waals surface area contributed by atoms with Crippen LogP contribution in [0.3, 0.4) is 0 Å². The number of rotatable bonds is 4. The molecule has 74 valence electrons. The van der Waals surface area contributed by atoms with Crippen molar-refractivity contribution in [1.82, 2.24) is 5.32 Å². The van der Waals surface area contributed by atoms with Crippen molar-refractivity contribution >= 4 is 18.3 Å². The minimum atomic E-state index is -0.476.